The molecule has 168 valence electrons. The normalized spacial score (nSPS) is 16.3. The molecule has 0 aliphatic heterocycles. The van der Waals surface area contributed by atoms with E-state index in [-0.39, 0.29) is 24.3 Å². The Balaban J connectivity index is 0.00000289. The molecule has 32 heavy (non-hydrogen) atoms. The van der Waals surface area contributed by atoms with Gasteiger partial charge in [-0.3, -0.25) is 10.1 Å². The molecule has 8 heteroatoms. The molecule has 1 aliphatic carbocycles. The number of hydrogen-bond donors (Lipinski definition) is 3. The molecule has 0 amide bonds. The van der Waals surface area contributed by atoms with E-state index in [0.717, 1.165) is 59.1 Å². The highest BCUT2D eigenvalue weighted by Crippen LogP contribution is 2.37. The van der Waals surface area contributed by atoms with Gasteiger partial charge in [0.1, 0.15) is 0 Å². The van der Waals surface area contributed by atoms with E-state index < -0.39 is 0 Å². The molecule has 0 radical (unpaired) electrons. The number of guanidine groups is 1. The zero-order valence-electron chi connectivity index (χ0n) is 18.0. The molecule has 1 aromatic heterocycles. The number of aromatic nitrogens is 2. The molecule has 1 heterocycles. The van der Waals surface area contributed by atoms with Gasteiger partial charge in [-0.05, 0) is 55.7 Å². The van der Waals surface area contributed by atoms with Gasteiger partial charge in [-0.15, -0.1) is 12.4 Å². The Hall–Kier alpha value is -2.83. The Kier molecular flexibility index (Phi) is 7.94. The van der Waals surface area contributed by atoms with Crippen LogP contribution in [0.3, 0.4) is 0 Å². The number of benzene rings is 2. The van der Waals surface area contributed by atoms with Crippen LogP contribution in [0.4, 0.5) is 0 Å². The quantitative estimate of drug-likeness (QED) is 0.274. The molecular formula is C24H28Cl2N6. The van der Waals surface area contributed by atoms with Gasteiger partial charge < -0.3 is 5.73 Å². The predicted octanol–water partition coefficient (Wildman–Crippen LogP) is 4.82. The summed E-state index contributed by atoms with van der Waals surface area (Å²) in [5.41, 5.74) is 14.6. The van der Waals surface area contributed by atoms with E-state index in [1.165, 1.54) is 5.56 Å². The average Bonchev–Trinajstić information content (AvgIpc) is 3.08. The van der Waals surface area contributed by atoms with Gasteiger partial charge in [0.15, 0.2) is 0 Å². The van der Waals surface area contributed by atoms with Gasteiger partial charge in [-0.25, -0.2) is 5.43 Å². The second-order valence-electron chi connectivity index (χ2n) is 7.93. The van der Waals surface area contributed by atoms with Crippen molar-refractivity contribution >= 4 is 35.7 Å². The highest BCUT2D eigenvalue weighted by Gasteiger charge is 2.31. The van der Waals surface area contributed by atoms with E-state index >= 15 is 0 Å². The maximum absolute atomic E-state index is 7.49. The first-order valence-electron chi connectivity index (χ1n) is 10.5. The SMILES string of the molecule is Cc1c2c(nn1CCCc1ccccc1)CC(c1ccccc1Cl)CC2=NNC(=N)N.Cl. The van der Waals surface area contributed by atoms with Gasteiger partial charge in [0.05, 0.1) is 11.4 Å². The van der Waals surface area contributed by atoms with Crippen molar-refractivity contribution in [1.82, 2.24) is 15.2 Å². The Morgan fingerprint density at radius 1 is 1.19 bits per heavy atom. The van der Waals surface area contributed by atoms with Crippen molar-refractivity contribution in [3.05, 3.63) is 87.7 Å². The third kappa shape index (κ3) is 5.31. The lowest BCUT2D eigenvalue weighted by molar-refractivity contribution is 0.555. The third-order valence-corrected chi connectivity index (χ3v) is 6.13. The molecule has 6 nitrogen and oxygen atoms in total. The first-order chi connectivity index (χ1) is 15.0. The summed E-state index contributed by atoms with van der Waals surface area (Å²) in [4.78, 5) is 0. The lowest BCUT2D eigenvalue weighted by atomic mass is 9.81. The van der Waals surface area contributed by atoms with Gasteiger partial charge in [-0.1, -0.05) is 60.1 Å². The first kappa shape index (κ1) is 23.8. The smallest absolute Gasteiger partial charge is 0.206 e. The summed E-state index contributed by atoms with van der Waals surface area (Å²) in [6.45, 7) is 2.94. The summed E-state index contributed by atoms with van der Waals surface area (Å²) in [6.07, 6.45) is 3.55. The molecule has 2 aromatic carbocycles. The molecular weight excluding hydrogens is 443 g/mol. The van der Waals surface area contributed by atoms with Crippen LogP contribution in [-0.2, 0) is 19.4 Å². The van der Waals surface area contributed by atoms with Crippen LogP contribution >= 0.6 is 24.0 Å². The Morgan fingerprint density at radius 2 is 1.91 bits per heavy atom. The van der Waals surface area contributed by atoms with Crippen LogP contribution in [0.5, 0.6) is 0 Å². The summed E-state index contributed by atoms with van der Waals surface area (Å²) in [5.74, 6) is 0.00241. The van der Waals surface area contributed by atoms with E-state index in [1.54, 1.807) is 0 Å². The summed E-state index contributed by atoms with van der Waals surface area (Å²) in [5, 5.41) is 17.6. The second-order valence-corrected chi connectivity index (χ2v) is 8.34. The lowest BCUT2D eigenvalue weighted by Crippen LogP contribution is -2.29. The molecule has 0 saturated carbocycles. The molecule has 1 aliphatic rings. The summed E-state index contributed by atoms with van der Waals surface area (Å²) in [6, 6.07) is 18.5. The van der Waals surface area contributed by atoms with E-state index in [9.17, 15) is 0 Å². The maximum Gasteiger partial charge on any atom is 0.206 e. The molecule has 0 saturated heterocycles. The standard InChI is InChI=1S/C24H27ClN6.ClH/c1-16-23-21(28-29-24(26)27)14-18(19-11-5-6-12-20(19)25)15-22(23)30-31(16)13-7-10-17-8-3-2-4-9-17;/h2-6,8-9,11-12,18H,7,10,13-15H2,1H3,(H4,26,27,29);1H. The van der Waals surface area contributed by atoms with E-state index in [2.05, 4.69) is 52.5 Å². The monoisotopic (exact) mass is 470 g/mol. The number of nitrogens with zero attached hydrogens (tertiary/aromatic N) is 3. The number of hydrogen-bond acceptors (Lipinski definition) is 3. The fourth-order valence-corrected chi connectivity index (χ4v) is 4.61. The number of aryl methyl sites for hydroxylation is 2. The topological polar surface area (TPSA) is 92.1 Å². The Morgan fingerprint density at radius 3 is 2.62 bits per heavy atom. The third-order valence-electron chi connectivity index (χ3n) is 5.78. The maximum atomic E-state index is 7.49. The molecule has 1 atom stereocenters. The van der Waals surface area contributed by atoms with Crippen LogP contribution in [0, 0.1) is 12.3 Å². The fourth-order valence-electron chi connectivity index (χ4n) is 4.32. The van der Waals surface area contributed by atoms with Crippen molar-refractivity contribution in [2.45, 2.75) is 45.1 Å². The van der Waals surface area contributed by atoms with Crippen LogP contribution in [-0.4, -0.2) is 21.5 Å². The number of nitrogens with two attached hydrogens (primary N) is 1. The second kappa shape index (κ2) is 10.7. The molecule has 0 spiro atoms. The highest BCUT2D eigenvalue weighted by atomic mass is 35.5. The average molecular weight is 471 g/mol. The zero-order valence-corrected chi connectivity index (χ0v) is 19.6. The summed E-state index contributed by atoms with van der Waals surface area (Å²) < 4.78 is 2.09. The molecule has 1 unspecified atom stereocenters. The van der Waals surface area contributed by atoms with Crippen LogP contribution in [0.25, 0.3) is 0 Å². The number of fused-ring (bicyclic) bond motifs is 1. The number of halogens is 2. The Labute approximate surface area is 199 Å². The number of hydrazone groups is 1. The van der Waals surface area contributed by atoms with E-state index in [4.69, 9.17) is 27.8 Å². The van der Waals surface area contributed by atoms with Gasteiger partial charge in [-0.2, -0.15) is 10.2 Å². The van der Waals surface area contributed by atoms with Gasteiger partial charge in [0.25, 0.3) is 0 Å². The summed E-state index contributed by atoms with van der Waals surface area (Å²) in [7, 11) is 0. The van der Waals surface area contributed by atoms with Crippen molar-refractivity contribution in [2.24, 2.45) is 10.8 Å². The highest BCUT2D eigenvalue weighted by molar-refractivity contribution is 6.31. The summed E-state index contributed by atoms with van der Waals surface area (Å²) >= 11 is 6.49. The van der Waals surface area contributed by atoms with Gasteiger partial charge >= 0.3 is 0 Å². The van der Waals surface area contributed by atoms with Crippen LogP contribution in [0.1, 0.15) is 46.8 Å². The molecule has 3 aromatic rings. The Bertz CT molecular complexity index is 1110. The minimum Gasteiger partial charge on any atom is -0.369 e. The molecule has 4 rings (SSSR count). The minimum absolute atomic E-state index is 0. The van der Waals surface area contributed by atoms with Gasteiger partial charge in [0.2, 0.25) is 5.96 Å². The minimum atomic E-state index is -0.179. The fraction of sp³-hybridized carbons (Fsp3) is 0.292. The van der Waals surface area contributed by atoms with Crippen molar-refractivity contribution in [1.29, 1.82) is 5.41 Å². The van der Waals surface area contributed by atoms with Crippen LogP contribution in [0.2, 0.25) is 5.02 Å². The van der Waals surface area contributed by atoms with Crippen molar-refractivity contribution in [3.63, 3.8) is 0 Å². The predicted molar refractivity (Wildman–Crippen MR) is 133 cm³/mol. The van der Waals surface area contributed by atoms with Crippen molar-refractivity contribution in [2.75, 3.05) is 0 Å². The van der Waals surface area contributed by atoms with Crippen LogP contribution < -0.4 is 11.2 Å². The van der Waals surface area contributed by atoms with E-state index in [1.807, 2.05) is 24.3 Å². The molecule has 0 fully saturated rings. The largest absolute Gasteiger partial charge is 0.369 e. The van der Waals surface area contributed by atoms with Crippen molar-refractivity contribution < 1.29 is 0 Å². The van der Waals surface area contributed by atoms with E-state index in [0.29, 0.717) is 6.42 Å². The van der Waals surface area contributed by atoms with Gasteiger partial charge in [0, 0.05) is 22.8 Å². The number of rotatable bonds is 6. The van der Waals surface area contributed by atoms with Crippen molar-refractivity contribution in [3.8, 4) is 0 Å². The first-order valence-corrected chi connectivity index (χ1v) is 10.9. The molecule has 4 N–H and O–H groups in total. The zero-order chi connectivity index (χ0) is 21.8. The van der Waals surface area contributed by atoms with Crippen LogP contribution in [0.15, 0.2) is 59.7 Å². The number of nitrogens with one attached hydrogen (secondary N) is 2. The molecule has 0 bridgehead atoms. The lowest BCUT2D eigenvalue weighted by Gasteiger charge is -2.24.